The predicted octanol–water partition coefficient (Wildman–Crippen LogP) is 20.9. The number of hydrogen-bond donors (Lipinski definition) is 0. The summed E-state index contributed by atoms with van der Waals surface area (Å²) in [6.45, 7) is 9.22. The van der Waals surface area contributed by atoms with E-state index in [1.165, 1.54) is 164 Å². The Morgan fingerprint density at radius 2 is 0.549 bits per heavy atom. The van der Waals surface area contributed by atoms with Crippen LogP contribution in [0.2, 0.25) is 0 Å². The molecule has 2 aliphatic heterocycles. The van der Waals surface area contributed by atoms with Gasteiger partial charge in [0.05, 0.1) is 42.8 Å². The summed E-state index contributed by atoms with van der Waals surface area (Å²) in [5, 5.41) is 43.7. The molecule has 6 rings (SSSR count). The second-order valence-corrected chi connectivity index (χ2v) is 26.4. The van der Waals surface area contributed by atoms with E-state index in [0.29, 0.717) is 0 Å². The maximum atomic E-state index is 15.7. The zero-order chi connectivity index (χ0) is 58.6. The molecule has 12 heteroatoms. The molecule has 0 fully saturated rings. The number of nitriles is 4. The number of thiophene rings is 2. The molecule has 4 heterocycles. The lowest BCUT2D eigenvalue weighted by atomic mass is 9.80. The molecule has 2 atom stereocenters. The van der Waals surface area contributed by atoms with Crippen LogP contribution in [-0.4, -0.2) is 46.5 Å². The molecule has 2 aromatic heterocycles. The molecule has 2 aliphatic rings. The molecule has 444 valence electrons. The van der Waals surface area contributed by atoms with Crippen LogP contribution in [-0.2, 0) is 0 Å². The molecule has 2 aromatic carbocycles. The number of nitrogens with zero attached hydrogens (tertiary/aromatic N) is 6. The number of fused-ring (bicyclic) bond motifs is 6. The molecule has 4 aromatic rings. The molecule has 2 unspecified atom stereocenters. The summed E-state index contributed by atoms with van der Waals surface area (Å²) in [6.07, 6.45) is 45.9. The minimum Gasteiger partial charge on any atom is -0.274 e. The zero-order valence-electron chi connectivity index (χ0n) is 51.0. The van der Waals surface area contributed by atoms with Gasteiger partial charge in [0.25, 0.3) is 23.6 Å². The Balaban J connectivity index is 1.38. The van der Waals surface area contributed by atoms with Crippen molar-refractivity contribution in [1.29, 1.82) is 21.0 Å². The Bertz CT molecular complexity index is 2730. The number of rotatable bonds is 44. The molecule has 4 amide bonds. The van der Waals surface area contributed by atoms with Crippen LogP contribution in [0.25, 0.3) is 30.9 Å². The van der Waals surface area contributed by atoms with Crippen molar-refractivity contribution in [1.82, 2.24) is 9.80 Å². The number of hydrogen-bond acceptors (Lipinski definition) is 10. The number of benzene rings is 2. The van der Waals surface area contributed by atoms with Crippen LogP contribution < -0.4 is 0 Å². The van der Waals surface area contributed by atoms with Crippen molar-refractivity contribution in [3.8, 4) is 24.3 Å². The number of unbranched alkanes of at least 4 members (excludes halogenated alkanes) is 32. The summed E-state index contributed by atoms with van der Waals surface area (Å²) < 4.78 is 0.522. The van der Waals surface area contributed by atoms with Gasteiger partial charge in [0.2, 0.25) is 0 Å². The van der Waals surface area contributed by atoms with E-state index >= 15 is 19.2 Å². The molecule has 10 nitrogen and oxygen atoms in total. The van der Waals surface area contributed by atoms with Gasteiger partial charge in [0.1, 0.15) is 34.0 Å². The second-order valence-electron chi connectivity index (χ2n) is 24.4. The fourth-order valence-electron chi connectivity index (χ4n) is 13.3. The van der Waals surface area contributed by atoms with Crippen molar-refractivity contribution in [2.75, 3.05) is 13.1 Å². The van der Waals surface area contributed by atoms with Crippen molar-refractivity contribution in [3.05, 3.63) is 43.1 Å². The molecule has 0 bridgehead atoms. The quantitative estimate of drug-likeness (QED) is 0.0311. The van der Waals surface area contributed by atoms with Crippen molar-refractivity contribution < 1.29 is 19.2 Å². The highest BCUT2D eigenvalue weighted by Crippen LogP contribution is 2.52. The van der Waals surface area contributed by atoms with E-state index in [2.05, 4.69) is 52.0 Å². The van der Waals surface area contributed by atoms with Crippen LogP contribution in [0.15, 0.2) is 0 Å². The van der Waals surface area contributed by atoms with Gasteiger partial charge in [-0.1, -0.05) is 259 Å². The Hall–Kier alpha value is -5.14. The van der Waals surface area contributed by atoms with Crippen LogP contribution in [0.4, 0.5) is 0 Å². The highest BCUT2D eigenvalue weighted by molar-refractivity contribution is 7.21. The summed E-state index contributed by atoms with van der Waals surface area (Å²) in [5.41, 5.74) is 0.180. The third-order valence-electron chi connectivity index (χ3n) is 18.0. The Morgan fingerprint density at radius 1 is 0.317 bits per heavy atom. The van der Waals surface area contributed by atoms with Gasteiger partial charge >= 0.3 is 0 Å². The van der Waals surface area contributed by atoms with Crippen LogP contribution >= 0.6 is 22.7 Å². The average Bonchev–Trinajstić information content (AvgIpc) is 2.88. The first-order valence-electron chi connectivity index (χ1n) is 33.1. The molecule has 0 saturated carbocycles. The Kier molecular flexibility index (Phi) is 28.9. The fourth-order valence-corrected chi connectivity index (χ4v) is 15.5. The second kappa shape index (κ2) is 35.9. The smallest absolute Gasteiger partial charge is 0.262 e. The molecule has 0 aliphatic carbocycles. The highest BCUT2D eigenvalue weighted by atomic mass is 32.1. The fraction of sp³-hybridized carbons (Fsp3) is 0.686. The summed E-state index contributed by atoms with van der Waals surface area (Å²) >= 11 is 1.95. The third-order valence-corrected chi connectivity index (χ3v) is 20.3. The van der Waals surface area contributed by atoms with Crippen LogP contribution in [0.5, 0.6) is 0 Å². The Labute approximate surface area is 501 Å². The average molecular weight is 1150 g/mol. The van der Waals surface area contributed by atoms with Gasteiger partial charge in [-0.15, -0.1) is 22.7 Å². The first-order valence-corrected chi connectivity index (χ1v) is 34.7. The van der Waals surface area contributed by atoms with Gasteiger partial charge in [-0.05, 0) is 37.5 Å². The van der Waals surface area contributed by atoms with Gasteiger partial charge < -0.3 is 0 Å². The van der Waals surface area contributed by atoms with E-state index in [9.17, 15) is 21.0 Å². The summed E-state index contributed by atoms with van der Waals surface area (Å²) in [5.74, 6) is -2.39. The largest absolute Gasteiger partial charge is 0.274 e. The summed E-state index contributed by atoms with van der Waals surface area (Å²) in [7, 11) is 0. The van der Waals surface area contributed by atoms with Gasteiger partial charge in [0.15, 0.2) is 0 Å². The molecule has 0 N–H and O–H groups in total. The van der Waals surface area contributed by atoms with E-state index in [1.54, 1.807) is 0 Å². The van der Waals surface area contributed by atoms with Crippen LogP contribution in [0.1, 0.15) is 347 Å². The predicted molar refractivity (Wildman–Crippen MR) is 339 cm³/mol. The summed E-state index contributed by atoms with van der Waals surface area (Å²) in [6, 6.07) is 8.84. The maximum absolute atomic E-state index is 15.7. The summed E-state index contributed by atoms with van der Waals surface area (Å²) in [4.78, 5) is 65.4. The lowest BCUT2D eigenvalue weighted by Crippen LogP contribution is -2.46. The number of amides is 4. The minimum absolute atomic E-state index is 0.00137. The van der Waals surface area contributed by atoms with Crippen molar-refractivity contribution in [2.45, 2.75) is 285 Å². The molecular formula is C70H98N6O4S2. The number of carbonyl (C=O) groups is 4. The van der Waals surface area contributed by atoms with Crippen LogP contribution in [0, 0.1) is 57.2 Å². The van der Waals surface area contributed by atoms with E-state index < -0.39 is 23.6 Å². The van der Waals surface area contributed by atoms with Crippen molar-refractivity contribution in [2.24, 2.45) is 11.8 Å². The lowest BCUT2D eigenvalue weighted by Gasteiger charge is -2.35. The number of carbonyl (C=O) groups excluding carboxylic acids is 4. The van der Waals surface area contributed by atoms with E-state index in [-0.39, 0.29) is 99.0 Å². The molecule has 82 heavy (non-hydrogen) atoms. The maximum Gasteiger partial charge on any atom is 0.262 e. The van der Waals surface area contributed by atoms with Crippen LogP contribution in [0.3, 0.4) is 0 Å². The molecule has 0 spiro atoms. The zero-order valence-corrected chi connectivity index (χ0v) is 52.6. The SMILES string of the molecule is CCCCCCCCCCCCC(CCCCCCCCCC)CN1C(=O)c2c3sc(C#N)c(C#N)c3c3c4c(c5sc(C#N)c(C#N)c5c(c24)C1=O)C(=O)N(CC(CCCCCCCCCC)CCCCCCCCCCCC)C3=O. The van der Waals surface area contributed by atoms with Gasteiger partial charge in [-0.2, -0.15) is 21.0 Å². The number of imide groups is 2. The van der Waals surface area contributed by atoms with E-state index in [0.717, 1.165) is 125 Å². The molecule has 0 saturated heterocycles. The Morgan fingerprint density at radius 3 is 0.780 bits per heavy atom. The topological polar surface area (TPSA) is 170 Å². The monoisotopic (exact) mass is 1150 g/mol. The molecular weight excluding hydrogens is 1050 g/mol. The van der Waals surface area contributed by atoms with Gasteiger partial charge in [0, 0.05) is 34.6 Å². The van der Waals surface area contributed by atoms with Gasteiger partial charge in [-0.25, -0.2) is 0 Å². The van der Waals surface area contributed by atoms with Crippen molar-refractivity contribution in [3.63, 3.8) is 0 Å². The van der Waals surface area contributed by atoms with E-state index in [1.807, 2.05) is 0 Å². The standard InChI is InChI=1S/C70H98N6O4S2/c1-5-9-13-17-21-25-27-31-35-39-43-51(41-37-33-29-23-19-15-11-7-3)49-75-67(77)61-57-53(45-71)55(47-73)82-66(57)64-60-59(61)63(69(75)79)65-58(54(46-72)56(48-74)81-65)62(60)68(78)76(70(64)80)50-52(42-38-34-30-24-20-16-12-8-4)44-40-36-32-28-26-22-18-14-10-6-2/h51-52H,5-44,49-50H2,1-4H3. The van der Waals surface area contributed by atoms with Gasteiger partial charge in [-0.3, -0.25) is 29.0 Å². The lowest BCUT2D eigenvalue weighted by molar-refractivity contribution is 0.0560. The minimum atomic E-state index is -0.607. The van der Waals surface area contributed by atoms with E-state index in [4.69, 9.17) is 0 Å². The van der Waals surface area contributed by atoms with Crippen molar-refractivity contribution >= 4 is 77.2 Å². The normalized spacial score (nSPS) is 13.9. The highest BCUT2D eigenvalue weighted by Gasteiger charge is 2.47. The third kappa shape index (κ3) is 17.0. The first kappa shape index (κ1) is 66.0. The first-order chi connectivity index (χ1) is 40.2. The molecule has 0 radical (unpaired) electrons.